The number of hydrogen-bond donors (Lipinski definition) is 1. The standard InChI is InChI=1S/C16H22F2N2O.2ClH/c17-14-9-13(10-15(18)11-14)16(12-1-7-21-8-2-12)20-5-3-19-4-6-20;;/h9-12,16,19H,1-8H2;2*1H/t16-;;/m1../s1. The minimum Gasteiger partial charge on any atom is -0.381 e. The normalized spacial score (nSPS) is 21.1. The Hall–Kier alpha value is -0.460. The Bertz CT molecular complexity index is 443. The van der Waals surface area contributed by atoms with Crippen LogP contribution in [0.1, 0.15) is 24.4 Å². The van der Waals surface area contributed by atoms with Gasteiger partial charge < -0.3 is 10.1 Å². The maximum atomic E-state index is 13.6. The molecule has 1 atom stereocenters. The van der Waals surface area contributed by atoms with Crippen LogP contribution < -0.4 is 5.32 Å². The molecule has 1 N–H and O–H groups in total. The topological polar surface area (TPSA) is 24.5 Å². The Kier molecular flexibility index (Phi) is 8.72. The van der Waals surface area contributed by atoms with Gasteiger partial charge in [0.15, 0.2) is 0 Å². The van der Waals surface area contributed by atoms with Crippen molar-refractivity contribution >= 4 is 24.8 Å². The minimum absolute atomic E-state index is 0. The summed E-state index contributed by atoms with van der Waals surface area (Å²) in [5, 5.41) is 3.33. The van der Waals surface area contributed by atoms with Gasteiger partial charge in [-0.2, -0.15) is 0 Å². The van der Waals surface area contributed by atoms with Gasteiger partial charge in [0.2, 0.25) is 0 Å². The van der Waals surface area contributed by atoms with Crippen LogP contribution >= 0.6 is 24.8 Å². The summed E-state index contributed by atoms with van der Waals surface area (Å²) >= 11 is 0. The number of halogens is 4. The summed E-state index contributed by atoms with van der Waals surface area (Å²) in [4.78, 5) is 2.36. The first-order chi connectivity index (χ1) is 10.2. The number of benzene rings is 1. The van der Waals surface area contributed by atoms with Crippen molar-refractivity contribution in [3.63, 3.8) is 0 Å². The predicted molar refractivity (Wildman–Crippen MR) is 91.6 cm³/mol. The van der Waals surface area contributed by atoms with Gasteiger partial charge in [-0.25, -0.2) is 8.78 Å². The number of nitrogens with one attached hydrogen (secondary N) is 1. The van der Waals surface area contributed by atoms with Crippen molar-refractivity contribution in [2.45, 2.75) is 18.9 Å². The highest BCUT2D eigenvalue weighted by Gasteiger charge is 2.31. The van der Waals surface area contributed by atoms with Crippen LogP contribution in [0.15, 0.2) is 18.2 Å². The molecule has 2 aliphatic rings. The second-order valence-electron chi connectivity index (χ2n) is 5.88. The van der Waals surface area contributed by atoms with E-state index in [4.69, 9.17) is 4.74 Å². The van der Waals surface area contributed by atoms with E-state index in [0.717, 1.165) is 63.9 Å². The third-order valence-electron chi connectivity index (χ3n) is 4.48. The van der Waals surface area contributed by atoms with Gasteiger partial charge in [-0.15, -0.1) is 24.8 Å². The van der Waals surface area contributed by atoms with Crippen molar-refractivity contribution in [1.29, 1.82) is 0 Å². The molecule has 0 spiro atoms. The molecule has 2 heterocycles. The zero-order chi connectivity index (χ0) is 14.7. The van der Waals surface area contributed by atoms with Gasteiger partial charge in [-0.1, -0.05) is 0 Å². The Morgan fingerprint density at radius 3 is 2.13 bits per heavy atom. The van der Waals surface area contributed by atoms with E-state index in [0.29, 0.717) is 5.92 Å². The maximum Gasteiger partial charge on any atom is 0.126 e. The number of rotatable bonds is 3. The van der Waals surface area contributed by atoms with E-state index in [1.165, 1.54) is 12.1 Å². The van der Waals surface area contributed by atoms with Crippen molar-refractivity contribution in [3.8, 4) is 0 Å². The summed E-state index contributed by atoms with van der Waals surface area (Å²) in [5.74, 6) is -0.576. The van der Waals surface area contributed by atoms with E-state index in [1.807, 2.05) is 0 Å². The molecule has 0 radical (unpaired) electrons. The predicted octanol–water partition coefficient (Wildman–Crippen LogP) is 3.18. The molecular formula is C16H24Cl2F2N2O. The fourth-order valence-electron chi connectivity index (χ4n) is 3.52. The monoisotopic (exact) mass is 368 g/mol. The van der Waals surface area contributed by atoms with E-state index in [2.05, 4.69) is 10.2 Å². The van der Waals surface area contributed by atoms with Crippen molar-refractivity contribution in [1.82, 2.24) is 10.2 Å². The number of piperazine rings is 1. The van der Waals surface area contributed by atoms with Gasteiger partial charge in [0, 0.05) is 51.5 Å². The molecule has 0 aliphatic carbocycles. The van der Waals surface area contributed by atoms with Crippen LogP contribution in [-0.4, -0.2) is 44.3 Å². The first kappa shape index (κ1) is 20.6. The van der Waals surface area contributed by atoms with Crippen molar-refractivity contribution in [2.24, 2.45) is 5.92 Å². The summed E-state index contributed by atoms with van der Waals surface area (Å²) in [7, 11) is 0. The van der Waals surface area contributed by atoms with Crippen LogP contribution in [0.5, 0.6) is 0 Å². The smallest absolute Gasteiger partial charge is 0.126 e. The van der Waals surface area contributed by atoms with Crippen molar-refractivity contribution in [2.75, 3.05) is 39.4 Å². The summed E-state index contributed by atoms with van der Waals surface area (Å²) in [6.07, 6.45) is 1.90. The zero-order valence-electron chi connectivity index (χ0n) is 13.0. The van der Waals surface area contributed by atoms with Crippen LogP contribution in [0.4, 0.5) is 8.78 Å². The lowest BCUT2D eigenvalue weighted by molar-refractivity contribution is 0.0211. The molecule has 0 saturated carbocycles. The van der Waals surface area contributed by atoms with Gasteiger partial charge in [0.25, 0.3) is 0 Å². The highest BCUT2D eigenvalue weighted by atomic mass is 35.5. The highest BCUT2D eigenvalue weighted by Crippen LogP contribution is 2.35. The van der Waals surface area contributed by atoms with Crippen molar-refractivity contribution < 1.29 is 13.5 Å². The van der Waals surface area contributed by atoms with E-state index in [9.17, 15) is 8.78 Å². The number of hydrogen-bond acceptors (Lipinski definition) is 3. The summed E-state index contributed by atoms with van der Waals surface area (Å²) in [6.45, 7) is 5.17. The van der Waals surface area contributed by atoms with Gasteiger partial charge in [-0.3, -0.25) is 4.90 Å². The lowest BCUT2D eigenvalue weighted by Crippen LogP contribution is -2.47. The fourth-order valence-corrected chi connectivity index (χ4v) is 3.52. The number of ether oxygens (including phenoxy) is 1. The molecule has 7 heteroatoms. The molecule has 2 aliphatic heterocycles. The van der Waals surface area contributed by atoms with E-state index in [1.54, 1.807) is 0 Å². The van der Waals surface area contributed by atoms with Crippen LogP contribution in [-0.2, 0) is 4.74 Å². The quantitative estimate of drug-likeness (QED) is 0.886. The van der Waals surface area contributed by atoms with Crippen LogP contribution in [0.25, 0.3) is 0 Å². The molecule has 2 fully saturated rings. The van der Waals surface area contributed by atoms with Gasteiger partial charge in [0.1, 0.15) is 11.6 Å². The Morgan fingerprint density at radius 1 is 1.00 bits per heavy atom. The van der Waals surface area contributed by atoms with Gasteiger partial charge in [-0.05, 0) is 36.5 Å². The molecule has 0 bridgehead atoms. The molecule has 2 saturated heterocycles. The first-order valence-corrected chi connectivity index (χ1v) is 7.72. The SMILES string of the molecule is Cl.Cl.Fc1cc(F)cc([C@@H](C2CCOCC2)N2CCNCC2)c1. The lowest BCUT2D eigenvalue weighted by Gasteiger charge is -2.41. The van der Waals surface area contributed by atoms with E-state index in [-0.39, 0.29) is 30.9 Å². The lowest BCUT2D eigenvalue weighted by atomic mass is 9.85. The average Bonchev–Trinajstić information content (AvgIpc) is 2.49. The van der Waals surface area contributed by atoms with E-state index < -0.39 is 11.6 Å². The fraction of sp³-hybridized carbons (Fsp3) is 0.625. The summed E-state index contributed by atoms with van der Waals surface area (Å²) in [6, 6.07) is 4.01. The molecule has 1 aromatic rings. The third-order valence-corrected chi connectivity index (χ3v) is 4.48. The van der Waals surface area contributed by atoms with Crippen molar-refractivity contribution in [3.05, 3.63) is 35.4 Å². The Balaban J connectivity index is 0.00000132. The second-order valence-corrected chi connectivity index (χ2v) is 5.88. The minimum atomic E-state index is -0.489. The molecule has 0 unspecified atom stereocenters. The highest BCUT2D eigenvalue weighted by molar-refractivity contribution is 5.85. The van der Waals surface area contributed by atoms with Crippen LogP contribution in [0, 0.1) is 17.6 Å². The largest absolute Gasteiger partial charge is 0.381 e. The summed E-state index contributed by atoms with van der Waals surface area (Å²) < 4.78 is 32.7. The molecule has 3 rings (SSSR count). The average molecular weight is 369 g/mol. The summed E-state index contributed by atoms with van der Waals surface area (Å²) in [5.41, 5.74) is 0.765. The Morgan fingerprint density at radius 2 is 1.57 bits per heavy atom. The second kappa shape index (κ2) is 9.74. The van der Waals surface area contributed by atoms with Crippen LogP contribution in [0.3, 0.4) is 0 Å². The zero-order valence-corrected chi connectivity index (χ0v) is 14.6. The molecule has 23 heavy (non-hydrogen) atoms. The van der Waals surface area contributed by atoms with E-state index >= 15 is 0 Å². The first-order valence-electron chi connectivity index (χ1n) is 7.72. The molecular weight excluding hydrogens is 345 g/mol. The van der Waals surface area contributed by atoms with Gasteiger partial charge >= 0.3 is 0 Å². The van der Waals surface area contributed by atoms with Crippen LogP contribution in [0.2, 0.25) is 0 Å². The molecule has 0 aromatic heterocycles. The molecule has 3 nitrogen and oxygen atoms in total. The molecule has 0 amide bonds. The molecule has 132 valence electrons. The Labute approximate surface area is 148 Å². The third kappa shape index (κ3) is 5.26. The number of nitrogens with zero attached hydrogens (tertiary/aromatic N) is 1. The van der Waals surface area contributed by atoms with Gasteiger partial charge in [0.05, 0.1) is 0 Å². The molecule has 1 aromatic carbocycles. The maximum absolute atomic E-state index is 13.6.